The van der Waals surface area contributed by atoms with Gasteiger partial charge in [0.1, 0.15) is 6.10 Å². The zero-order valence-corrected chi connectivity index (χ0v) is 17.6. The molecule has 0 aliphatic carbocycles. The Morgan fingerprint density at radius 1 is 1.33 bits per heavy atom. The number of carbonyl (C=O) groups is 2. The Morgan fingerprint density at radius 2 is 2.13 bits per heavy atom. The molecule has 30 heavy (non-hydrogen) atoms. The van der Waals surface area contributed by atoms with E-state index >= 15 is 0 Å². The van der Waals surface area contributed by atoms with Gasteiger partial charge >= 0.3 is 0 Å². The lowest BCUT2D eigenvalue weighted by molar-refractivity contribution is -0.154. The molecule has 1 aliphatic heterocycles. The molecular formula is C18H32N8O4. The summed E-state index contributed by atoms with van der Waals surface area (Å²) >= 11 is 0. The third kappa shape index (κ3) is 7.69. The minimum Gasteiger partial charge on any atom is -0.368 e. The minimum atomic E-state index is -0.570. The lowest BCUT2D eigenvalue weighted by Crippen LogP contribution is -2.40. The maximum Gasteiger partial charge on any atom is 0.246 e. The highest BCUT2D eigenvalue weighted by Gasteiger charge is 2.23. The van der Waals surface area contributed by atoms with Crippen molar-refractivity contribution in [3.8, 4) is 0 Å². The van der Waals surface area contributed by atoms with Crippen LogP contribution in [0.3, 0.4) is 0 Å². The van der Waals surface area contributed by atoms with E-state index in [-0.39, 0.29) is 30.9 Å². The maximum absolute atomic E-state index is 12.6. The Bertz CT molecular complexity index is 672. The van der Waals surface area contributed by atoms with E-state index in [1.165, 1.54) is 0 Å². The molecule has 1 unspecified atom stereocenters. The number of aromatic nitrogens is 3. The van der Waals surface area contributed by atoms with Crippen molar-refractivity contribution in [1.29, 1.82) is 0 Å². The molecule has 0 saturated carbocycles. The van der Waals surface area contributed by atoms with Crippen LogP contribution in [0.15, 0.2) is 0 Å². The van der Waals surface area contributed by atoms with Gasteiger partial charge in [0.2, 0.25) is 24.2 Å². The molecule has 2 atom stereocenters. The van der Waals surface area contributed by atoms with E-state index in [0.29, 0.717) is 43.0 Å². The Hall–Kier alpha value is -2.57. The number of amides is 2. The number of nitrogens with one attached hydrogen (secondary N) is 4. The predicted octanol–water partition coefficient (Wildman–Crippen LogP) is 0.452. The van der Waals surface area contributed by atoms with Gasteiger partial charge in [-0.05, 0) is 13.3 Å². The van der Waals surface area contributed by atoms with Gasteiger partial charge in [-0.15, -0.1) is 0 Å². The molecule has 0 spiro atoms. The fourth-order valence-corrected chi connectivity index (χ4v) is 3.00. The second-order valence-corrected chi connectivity index (χ2v) is 6.97. The zero-order chi connectivity index (χ0) is 21.8. The van der Waals surface area contributed by atoms with Gasteiger partial charge in [-0.3, -0.25) is 25.6 Å². The first-order chi connectivity index (χ1) is 14.6. The van der Waals surface area contributed by atoms with Crippen LogP contribution in [0.25, 0.3) is 0 Å². The van der Waals surface area contributed by atoms with E-state index in [1.807, 2.05) is 6.92 Å². The summed E-state index contributed by atoms with van der Waals surface area (Å²) in [5.74, 6) is 0.0542. The van der Waals surface area contributed by atoms with Crippen molar-refractivity contribution in [3.63, 3.8) is 0 Å². The SMILES string of the molecule is CCCCCC(CN(O)C=O)C(=O)NNc1nc(NCC)nc([C@H]2CNCCO2)n1. The van der Waals surface area contributed by atoms with Crippen LogP contribution in [-0.2, 0) is 14.3 Å². The molecule has 0 radical (unpaired) electrons. The van der Waals surface area contributed by atoms with E-state index in [0.717, 1.165) is 25.8 Å². The average Bonchev–Trinajstić information content (AvgIpc) is 2.77. The fraction of sp³-hybridized carbons (Fsp3) is 0.722. The van der Waals surface area contributed by atoms with Gasteiger partial charge in [0, 0.05) is 19.6 Å². The lowest BCUT2D eigenvalue weighted by Gasteiger charge is -2.23. The van der Waals surface area contributed by atoms with Gasteiger partial charge in [0.05, 0.1) is 19.1 Å². The second kappa shape index (κ2) is 12.9. The van der Waals surface area contributed by atoms with Crippen LogP contribution in [0.4, 0.5) is 11.9 Å². The van der Waals surface area contributed by atoms with Crippen LogP contribution in [0.2, 0.25) is 0 Å². The summed E-state index contributed by atoms with van der Waals surface area (Å²) in [5, 5.41) is 16.2. The number of carbonyl (C=O) groups excluding carboxylic acids is 2. The highest BCUT2D eigenvalue weighted by atomic mass is 16.5. The van der Waals surface area contributed by atoms with Crippen LogP contribution >= 0.6 is 0 Å². The largest absolute Gasteiger partial charge is 0.368 e. The summed E-state index contributed by atoms with van der Waals surface area (Å²) in [4.78, 5) is 36.3. The minimum absolute atomic E-state index is 0.0899. The van der Waals surface area contributed by atoms with Gasteiger partial charge in [-0.25, -0.2) is 5.06 Å². The normalized spacial score (nSPS) is 17.1. The zero-order valence-electron chi connectivity index (χ0n) is 17.6. The van der Waals surface area contributed by atoms with Crippen molar-refractivity contribution >= 4 is 24.2 Å². The summed E-state index contributed by atoms with van der Waals surface area (Å²) in [6, 6.07) is 0. The number of ether oxygens (including phenoxy) is 1. The summed E-state index contributed by atoms with van der Waals surface area (Å²) in [7, 11) is 0. The molecule has 1 aromatic heterocycles. The Balaban J connectivity index is 2.05. The summed E-state index contributed by atoms with van der Waals surface area (Å²) in [5.41, 5.74) is 5.29. The molecule has 168 valence electrons. The van der Waals surface area contributed by atoms with Crippen molar-refractivity contribution in [2.24, 2.45) is 5.92 Å². The molecule has 2 amide bonds. The molecule has 0 aromatic carbocycles. The molecule has 1 aromatic rings. The molecule has 1 saturated heterocycles. The number of hydrogen-bond donors (Lipinski definition) is 5. The first-order valence-electron chi connectivity index (χ1n) is 10.4. The molecule has 2 rings (SSSR count). The Labute approximate surface area is 176 Å². The number of rotatable bonds is 13. The standard InChI is InChI=1S/C18H32N8O4/c1-3-5-6-7-13(11-26(29)12-27)16(28)24-25-18-22-15(14-10-19-8-9-30-14)21-17(23-18)20-4-2/h12-14,19,29H,3-11H2,1-2H3,(H,24,28)(H2,20,21,22,23,25)/t13?,14-/m1/s1. The molecular weight excluding hydrogens is 392 g/mol. The predicted molar refractivity (Wildman–Crippen MR) is 110 cm³/mol. The Kier molecular flexibility index (Phi) is 10.2. The average molecular weight is 425 g/mol. The number of morpholine rings is 1. The molecule has 12 heteroatoms. The maximum atomic E-state index is 12.6. The van der Waals surface area contributed by atoms with Crippen molar-refractivity contribution in [2.75, 3.05) is 43.5 Å². The smallest absolute Gasteiger partial charge is 0.246 e. The van der Waals surface area contributed by atoms with Crippen LogP contribution in [-0.4, -0.2) is 70.3 Å². The highest BCUT2D eigenvalue weighted by Crippen LogP contribution is 2.17. The summed E-state index contributed by atoms with van der Waals surface area (Å²) in [6.45, 7) is 6.42. The third-order valence-electron chi connectivity index (χ3n) is 4.56. The number of nitrogens with zero attached hydrogens (tertiary/aromatic N) is 4. The first-order valence-corrected chi connectivity index (χ1v) is 10.4. The van der Waals surface area contributed by atoms with Crippen molar-refractivity contribution in [3.05, 3.63) is 5.82 Å². The fourth-order valence-electron chi connectivity index (χ4n) is 3.00. The molecule has 12 nitrogen and oxygen atoms in total. The van der Waals surface area contributed by atoms with Crippen molar-refractivity contribution in [1.82, 2.24) is 30.8 Å². The van der Waals surface area contributed by atoms with Gasteiger partial charge in [-0.1, -0.05) is 26.2 Å². The van der Waals surface area contributed by atoms with E-state index in [9.17, 15) is 14.8 Å². The van der Waals surface area contributed by atoms with Gasteiger partial charge in [0.25, 0.3) is 0 Å². The topological polar surface area (TPSA) is 154 Å². The Morgan fingerprint density at radius 3 is 2.80 bits per heavy atom. The van der Waals surface area contributed by atoms with E-state index < -0.39 is 5.92 Å². The molecule has 2 heterocycles. The molecule has 1 aliphatic rings. The number of hydrogen-bond acceptors (Lipinski definition) is 10. The molecule has 0 bridgehead atoms. The second-order valence-electron chi connectivity index (χ2n) is 6.97. The van der Waals surface area contributed by atoms with Crippen LogP contribution < -0.4 is 21.5 Å². The van der Waals surface area contributed by atoms with E-state index in [1.54, 1.807) is 0 Å². The van der Waals surface area contributed by atoms with Crippen LogP contribution in [0.1, 0.15) is 51.5 Å². The van der Waals surface area contributed by atoms with E-state index in [4.69, 9.17) is 4.74 Å². The monoisotopic (exact) mass is 424 g/mol. The number of hydroxylamine groups is 2. The van der Waals surface area contributed by atoms with Gasteiger partial charge in [0.15, 0.2) is 5.82 Å². The first kappa shape index (κ1) is 23.7. The molecule has 5 N–H and O–H groups in total. The lowest BCUT2D eigenvalue weighted by atomic mass is 10.0. The van der Waals surface area contributed by atoms with Crippen molar-refractivity contribution < 1.29 is 19.5 Å². The highest BCUT2D eigenvalue weighted by molar-refractivity contribution is 5.80. The number of unbranched alkanes of at least 4 members (excludes halogenated alkanes) is 2. The molecule has 1 fully saturated rings. The quantitative estimate of drug-likeness (QED) is 0.130. The number of hydrazine groups is 1. The summed E-state index contributed by atoms with van der Waals surface area (Å²) in [6.07, 6.45) is 3.29. The van der Waals surface area contributed by atoms with E-state index in [2.05, 4.69) is 43.4 Å². The van der Waals surface area contributed by atoms with Crippen LogP contribution in [0, 0.1) is 5.92 Å². The van der Waals surface area contributed by atoms with Gasteiger partial charge in [-0.2, -0.15) is 15.0 Å². The summed E-state index contributed by atoms with van der Waals surface area (Å²) < 4.78 is 5.70. The third-order valence-corrected chi connectivity index (χ3v) is 4.56. The number of anilines is 2. The van der Waals surface area contributed by atoms with Gasteiger partial charge < -0.3 is 15.4 Å². The van der Waals surface area contributed by atoms with Crippen LogP contribution in [0.5, 0.6) is 0 Å². The van der Waals surface area contributed by atoms with Crippen molar-refractivity contribution in [2.45, 2.75) is 45.6 Å².